The highest BCUT2D eigenvalue weighted by Gasteiger charge is 2.18. The standard InChI is InChI=1S/C23H29N3O3S2/c1-5-29-13-9-12-26-22(28)20-15(2)17(4)31-21(20)25-23(26)30-14-19(27)24-16(3)18-10-7-6-8-11-18/h6-8,10-11,16H,5,9,12-14H2,1-4H3,(H,24,27). The van der Waals surface area contributed by atoms with Crippen molar-refractivity contribution in [1.29, 1.82) is 0 Å². The van der Waals surface area contributed by atoms with E-state index in [-0.39, 0.29) is 23.3 Å². The number of thioether (sulfide) groups is 1. The summed E-state index contributed by atoms with van der Waals surface area (Å²) in [4.78, 5) is 32.4. The van der Waals surface area contributed by atoms with Crippen molar-refractivity contribution >= 4 is 39.2 Å². The first-order valence-electron chi connectivity index (χ1n) is 10.5. The molecule has 0 spiro atoms. The van der Waals surface area contributed by atoms with E-state index in [0.29, 0.717) is 36.7 Å². The van der Waals surface area contributed by atoms with Crippen molar-refractivity contribution in [2.75, 3.05) is 19.0 Å². The van der Waals surface area contributed by atoms with Crippen LogP contribution in [0.1, 0.15) is 42.3 Å². The number of benzene rings is 1. The number of hydrogen-bond acceptors (Lipinski definition) is 6. The van der Waals surface area contributed by atoms with Crippen molar-refractivity contribution in [3.05, 3.63) is 56.7 Å². The lowest BCUT2D eigenvalue weighted by Crippen LogP contribution is -2.29. The molecule has 0 saturated heterocycles. The number of aryl methyl sites for hydroxylation is 2. The topological polar surface area (TPSA) is 73.2 Å². The van der Waals surface area contributed by atoms with Gasteiger partial charge in [-0.3, -0.25) is 14.2 Å². The Morgan fingerprint density at radius 2 is 2.03 bits per heavy atom. The molecule has 6 nitrogen and oxygen atoms in total. The van der Waals surface area contributed by atoms with E-state index in [0.717, 1.165) is 20.8 Å². The van der Waals surface area contributed by atoms with Gasteiger partial charge in [-0.2, -0.15) is 0 Å². The second-order valence-electron chi connectivity index (χ2n) is 7.35. The molecule has 0 radical (unpaired) electrons. The predicted octanol–water partition coefficient (Wildman–Crippen LogP) is 4.47. The average Bonchev–Trinajstić information content (AvgIpc) is 3.05. The van der Waals surface area contributed by atoms with Crippen molar-refractivity contribution in [3.8, 4) is 0 Å². The highest BCUT2D eigenvalue weighted by atomic mass is 32.2. The smallest absolute Gasteiger partial charge is 0.263 e. The van der Waals surface area contributed by atoms with Gasteiger partial charge in [-0.1, -0.05) is 42.1 Å². The molecule has 3 rings (SSSR count). The third-order valence-corrected chi connectivity index (χ3v) is 7.22. The Morgan fingerprint density at radius 1 is 1.29 bits per heavy atom. The first-order chi connectivity index (χ1) is 14.9. The lowest BCUT2D eigenvalue weighted by atomic mass is 10.1. The Bertz CT molecular complexity index is 1090. The molecular weight excluding hydrogens is 430 g/mol. The Kier molecular flexibility index (Phi) is 8.28. The lowest BCUT2D eigenvalue weighted by Gasteiger charge is -2.15. The SMILES string of the molecule is CCOCCCn1c(SCC(=O)NC(C)c2ccccc2)nc2sc(C)c(C)c2c1=O. The first kappa shape index (κ1) is 23.5. The third-order valence-electron chi connectivity index (χ3n) is 5.14. The second kappa shape index (κ2) is 10.9. The third kappa shape index (κ3) is 5.75. The van der Waals surface area contributed by atoms with Crippen LogP contribution in [0.15, 0.2) is 40.3 Å². The van der Waals surface area contributed by atoms with E-state index in [4.69, 9.17) is 9.72 Å². The summed E-state index contributed by atoms with van der Waals surface area (Å²) >= 11 is 2.83. The minimum absolute atomic E-state index is 0.0380. The van der Waals surface area contributed by atoms with Gasteiger partial charge in [0.15, 0.2) is 5.16 Å². The predicted molar refractivity (Wildman–Crippen MR) is 128 cm³/mol. The maximum absolute atomic E-state index is 13.2. The Morgan fingerprint density at radius 3 is 2.74 bits per heavy atom. The molecule has 1 atom stereocenters. The molecule has 2 heterocycles. The van der Waals surface area contributed by atoms with Crippen molar-refractivity contribution in [3.63, 3.8) is 0 Å². The molecule has 1 amide bonds. The highest BCUT2D eigenvalue weighted by Crippen LogP contribution is 2.28. The van der Waals surface area contributed by atoms with E-state index in [1.54, 1.807) is 4.57 Å². The molecule has 0 aliphatic rings. The normalized spacial score (nSPS) is 12.3. The number of carbonyl (C=O) groups is 1. The summed E-state index contributed by atoms with van der Waals surface area (Å²) in [6.07, 6.45) is 0.716. The minimum atomic E-state index is -0.0879. The number of nitrogens with zero attached hydrogens (tertiary/aromatic N) is 2. The molecule has 0 aliphatic carbocycles. The fourth-order valence-corrected chi connectivity index (χ4v) is 5.23. The van der Waals surface area contributed by atoms with E-state index >= 15 is 0 Å². The number of ether oxygens (including phenoxy) is 1. The number of amides is 1. The second-order valence-corrected chi connectivity index (χ2v) is 9.50. The van der Waals surface area contributed by atoms with E-state index in [1.165, 1.54) is 23.1 Å². The fourth-order valence-electron chi connectivity index (χ4n) is 3.32. The van der Waals surface area contributed by atoms with Crippen LogP contribution in [0.25, 0.3) is 10.2 Å². The summed E-state index contributed by atoms with van der Waals surface area (Å²) in [5, 5.41) is 4.29. The van der Waals surface area contributed by atoms with Crippen LogP contribution in [0.2, 0.25) is 0 Å². The van der Waals surface area contributed by atoms with Crippen molar-refractivity contribution in [2.45, 2.75) is 51.9 Å². The summed E-state index contributed by atoms with van der Waals surface area (Å²) in [7, 11) is 0. The number of thiophene rings is 1. The highest BCUT2D eigenvalue weighted by molar-refractivity contribution is 7.99. The summed E-state index contributed by atoms with van der Waals surface area (Å²) < 4.78 is 7.12. The van der Waals surface area contributed by atoms with E-state index in [1.807, 2.05) is 58.0 Å². The van der Waals surface area contributed by atoms with E-state index in [2.05, 4.69) is 5.32 Å². The van der Waals surface area contributed by atoms with Crippen LogP contribution in [0.4, 0.5) is 0 Å². The molecule has 2 aromatic heterocycles. The quantitative estimate of drug-likeness (QED) is 0.275. The van der Waals surface area contributed by atoms with E-state index < -0.39 is 0 Å². The molecule has 3 aromatic rings. The van der Waals surface area contributed by atoms with Crippen molar-refractivity contribution in [2.24, 2.45) is 0 Å². The summed E-state index contributed by atoms with van der Waals surface area (Å²) in [5.41, 5.74) is 2.00. The molecule has 0 saturated carbocycles. The molecule has 0 bridgehead atoms. The Balaban J connectivity index is 1.77. The Hall–Kier alpha value is -2.16. The van der Waals surface area contributed by atoms with Gasteiger partial charge in [0, 0.05) is 24.6 Å². The van der Waals surface area contributed by atoms with Crippen LogP contribution in [-0.2, 0) is 16.1 Å². The zero-order chi connectivity index (χ0) is 22.4. The monoisotopic (exact) mass is 459 g/mol. The molecule has 1 unspecified atom stereocenters. The first-order valence-corrected chi connectivity index (χ1v) is 12.3. The van der Waals surface area contributed by atoms with Gasteiger partial charge < -0.3 is 10.1 Å². The number of hydrogen-bond donors (Lipinski definition) is 1. The summed E-state index contributed by atoms with van der Waals surface area (Å²) in [6, 6.07) is 9.76. The van der Waals surface area contributed by atoms with Crippen molar-refractivity contribution < 1.29 is 9.53 Å². The molecule has 31 heavy (non-hydrogen) atoms. The van der Waals surface area contributed by atoms with Crippen LogP contribution in [0.5, 0.6) is 0 Å². The number of rotatable bonds is 10. The molecule has 1 N–H and O–H groups in total. The molecular formula is C23H29N3O3S2. The van der Waals surface area contributed by atoms with Crippen LogP contribution in [-0.4, -0.2) is 34.4 Å². The molecule has 0 aliphatic heterocycles. The van der Waals surface area contributed by atoms with Crippen molar-refractivity contribution in [1.82, 2.24) is 14.9 Å². The number of fused-ring (bicyclic) bond motifs is 1. The van der Waals surface area contributed by atoms with Crippen LogP contribution in [0.3, 0.4) is 0 Å². The van der Waals surface area contributed by atoms with Gasteiger partial charge in [0.25, 0.3) is 5.56 Å². The number of nitrogens with one attached hydrogen (secondary N) is 1. The van der Waals surface area contributed by atoms with Crippen LogP contribution >= 0.6 is 23.1 Å². The van der Waals surface area contributed by atoms with Gasteiger partial charge in [-0.25, -0.2) is 4.98 Å². The maximum Gasteiger partial charge on any atom is 0.263 e. The summed E-state index contributed by atoms with van der Waals surface area (Å²) in [5.74, 6) is 0.110. The summed E-state index contributed by atoms with van der Waals surface area (Å²) in [6.45, 7) is 9.63. The lowest BCUT2D eigenvalue weighted by molar-refractivity contribution is -0.119. The largest absolute Gasteiger partial charge is 0.382 e. The maximum atomic E-state index is 13.2. The fraction of sp³-hybridized carbons (Fsp3) is 0.435. The van der Waals surface area contributed by atoms with Gasteiger partial charge in [0.2, 0.25) is 5.91 Å². The average molecular weight is 460 g/mol. The Labute approximate surface area is 191 Å². The molecule has 0 fully saturated rings. The van der Waals surface area contributed by atoms with E-state index in [9.17, 15) is 9.59 Å². The van der Waals surface area contributed by atoms with Gasteiger partial charge in [-0.05, 0) is 45.2 Å². The number of aromatic nitrogens is 2. The van der Waals surface area contributed by atoms with Gasteiger partial charge in [0.1, 0.15) is 4.83 Å². The van der Waals surface area contributed by atoms with Crippen LogP contribution < -0.4 is 10.9 Å². The molecule has 166 valence electrons. The van der Waals surface area contributed by atoms with Gasteiger partial charge >= 0.3 is 0 Å². The van der Waals surface area contributed by atoms with Crippen LogP contribution in [0, 0.1) is 13.8 Å². The molecule has 1 aromatic carbocycles. The van der Waals surface area contributed by atoms with Gasteiger partial charge in [0.05, 0.1) is 17.2 Å². The number of carbonyl (C=O) groups excluding carboxylic acids is 1. The molecule has 8 heteroatoms. The zero-order valence-electron chi connectivity index (χ0n) is 18.4. The van der Waals surface area contributed by atoms with Gasteiger partial charge in [-0.15, -0.1) is 11.3 Å². The zero-order valence-corrected chi connectivity index (χ0v) is 20.1. The minimum Gasteiger partial charge on any atom is -0.382 e.